The number of nitrogens with two attached hydrogens (primary N) is 1. The Balaban J connectivity index is 1.87. The molecule has 0 aliphatic heterocycles. The predicted molar refractivity (Wildman–Crippen MR) is 97.5 cm³/mol. The molecular formula is C18H22BrN2O3+. The van der Waals surface area contributed by atoms with Crippen LogP contribution in [0.2, 0.25) is 0 Å². The molecule has 2 aromatic rings. The number of anilines is 1. The van der Waals surface area contributed by atoms with Gasteiger partial charge in [-0.05, 0) is 65.3 Å². The van der Waals surface area contributed by atoms with E-state index in [0.717, 1.165) is 27.2 Å². The molecule has 0 spiro atoms. The second kappa shape index (κ2) is 8.70. The number of nitrogens with one attached hydrogen (secondary N) is 1. The van der Waals surface area contributed by atoms with E-state index in [1.807, 2.05) is 47.8 Å². The van der Waals surface area contributed by atoms with Gasteiger partial charge in [-0.25, -0.2) is 0 Å². The van der Waals surface area contributed by atoms with E-state index in [2.05, 4.69) is 28.2 Å². The Morgan fingerprint density at radius 1 is 1.17 bits per heavy atom. The largest absolute Gasteiger partial charge is 0.497 e. The maximum absolute atomic E-state index is 12.1. The lowest BCUT2D eigenvalue weighted by molar-refractivity contribution is -0.682. The van der Waals surface area contributed by atoms with Gasteiger partial charge in [0.25, 0.3) is 5.91 Å². The molecule has 0 saturated carbocycles. The van der Waals surface area contributed by atoms with Crippen LogP contribution < -0.4 is 20.1 Å². The van der Waals surface area contributed by atoms with Gasteiger partial charge in [0.15, 0.2) is 6.54 Å². The minimum atomic E-state index is -0.0420. The predicted octanol–water partition coefficient (Wildman–Crippen LogP) is 2.73. The Hall–Kier alpha value is -2.05. The third kappa shape index (κ3) is 4.97. The van der Waals surface area contributed by atoms with Gasteiger partial charge in [-0.3, -0.25) is 4.79 Å². The molecule has 1 amide bonds. The van der Waals surface area contributed by atoms with Crippen molar-refractivity contribution in [1.82, 2.24) is 0 Å². The highest BCUT2D eigenvalue weighted by Crippen LogP contribution is 2.27. The highest BCUT2D eigenvalue weighted by Gasteiger charge is 2.13. The monoisotopic (exact) mass is 393 g/mol. The molecule has 0 fully saturated rings. The molecule has 0 aromatic heterocycles. The van der Waals surface area contributed by atoms with E-state index >= 15 is 0 Å². The molecule has 0 bridgehead atoms. The number of amides is 1. The molecule has 0 radical (unpaired) electrons. The quantitative estimate of drug-likeness (QED) is 0.759. The van der Waals surface area contributed by atoms with Gasteiger partial charge >= 0.3 is 0 Å². The van der Waals surface area contributed by atoms with Gasteiger partial charge in [-0.1, -0.05) is 0 Å². The molecule has 3 N–H and O–H groups in total. The molecule has 0 heterocycles. The van der Waals surface area contributed by atoms with Crippen LogP contribution in [0.25, 0.3) is 0 Å². The van der Waals surface area contributed by atoms with Crippen LogP contribution in [-0.4, -0.2) is 26.7 Å². The van der Waals surface area contributed by atoms with Crippen molar-refractivity contribution in [2.75, 3.05) is 26.1 Å². The molecule has 0 saturated heterocycles. The van der Waals surface area contributed by atoms with Crippen molar-refractivity contribution in [3.63, 3.8) is 0 Å². The highest BCUT2D eigenvalue weighted by molar-refractivity contribution is 9.10. The lowest BCUT2D eigenvalue weighted by atomic mass is 10.1. The van der Waals surface area contributed by atoms with Crippen molar-refractivity contribution < 1.29 is 19.6 Å². The van der Waals surface area contributed by atoms with Crippen molar-refractivity contribution in [2.24, 2.45) is 0 Å². The average Bonchev–Trinajstić information content (AvgIpc) is 2.60. The first-order valence-electron chi connectivity index (χ1n) is 7.64. The van der Waals surface area contributed by atoms with Gasteiger partial charge in [0.2, 0.25) is 0 Å². The summed E-state index contributed by atoms with van der Waals surface area (Å²) in [6.07, 6.45) is 0. The smallest absolute Gasteiger partial charge is 0.279 e. The van der Waals surface area contributed by atoms with E-state index in [9.17, 15) is 4.79 Å². The van der Waals surface area contributed by atoms with E-state index < -0.39 is 0 Å². The zero-order valence-corrected chi connectivity index (χ0v) is 15.6. The first-order valence-corrected chi connectivity index (χ1v) is 8.43. The van der Waals surface area contributed by atoms with Crippen molar-refractivity contribution in [1.29, 1.82) is 0 Å². The zero-order chi connectivity index (χ0) is 17.5. The molecule has 128 valence electrons. The first-order chi connectivity index (χ1) is 11.5. The molecule has 2 aromatic carbocycles. The lowest BCUT2D eigenvalue weighted by Crippen LogP contribution is -2.86. The van der Waals surface area contributed by atoms with Crippen molar-refractivity contribution in [3.05, 3.63) is 52.5 Å². The Morgan fingerprint density at radius 3 is 2.46 bits per heavy atom. The first kappa shape index (κ1) is 18.3. The molecule has 5 nitrogen and oxygen atoms in total. The number of ether oxygens (including phenoxy) is 2. The minimum absolute atomic E-state index is 0.0420. The fourth-order valence-electron chi connectivity index (χ4n) is 2.27. The molecule has 6 heteroatoms. The number of carbonyl (C=O) groups excluding carboxylic acids is 1. The van der Waals surface area contributed by atoms with E-state index in [-0.39, 0.29) is 11.9 Å². The molecule has 0 unspecified atom stereocenters. The van der Waals surface area contributed by atoms with E-state index in [1.54, 1.807) is 14.2 Å². The van der Waals surface area contributed by atoms with Crippen molar-refractivity contribution >= 4 is 27.5 Å². The number of halogens is 1. The fraction of sp³-hybridized carbons (Fsp3) is 0.278. The normalized spacial score (nSPS) is 11.7. The van der Waals surface area contributed by atoms with Gasteiger partial charge in [0.1, 0.15) is 17.5 Å². The number of methoxy groups -OCH3 is 2. The lowest BCUT2D eigenvalue weighted by Gasteiger charge is -2.13. The van der Waals surface area contributed by atoms with Crippen LogP contribution in [0.3, 0.4) is 0 Å². The summed E-state index contributed by atoms with van der Waals surface area (Å²) in [7, 11) is 3.25. The van der Waals surface area contributed by atoms with Gasteiger partial charge < -0.3 is 20.1 Å². The van der Waals surface area contributed by atoms with Crippen LogP contribution in [0.5, 0.6) is 11.5 Å². The van der Waals surface area contributed by atoms with Gasteiger partial charge in [-0.2, -0.15) is 0 Å². The molecular weight excluding hydrogens is 372 g/mol. The Kier molecular flexibility index (Phi) is 6.63. The molecule has 0 aliphatic rings. The minimum Gasteiger partial charge on any atom is -0.497 e. The summed E-state index contributed by atoms with van der Waals surface area (Å²) < 4.78 is 11.2. The summed E-state index contributed by atoms with van der Waals surface area (Å²) in [6.45, 7) is 2.41. The van der Waals surface area contributed by atoms with Crippen LogP contribution in [-0.2, 0) is 4.79 Å². The Morgan fingerprint density at radius 2 is 1.88 bits per heavy atom. The fourth-order valence-corrected chi connectivity index (χ4v) is 2.83. The summed E-state index contributed by atoms with van der Waals surface area (Å²) in [6, 6.07) is 13.4. The number of hydrogen-bond acceptors (Lipinski definition) is 3. The van der Waals surface area contributed by atoms with E-state index in [1.165, 1.54) is 0 Å². The van der Waals surface area contributed by atoms with Crippen molar-refractivity contribution in [2.45, 2.75) is 13.0 Å². The molecule has 0 aliphatic carbocycles. The second-order valence-corrected chi connectivity index (χ2v) is 6.25. The summed E-state index contributed by atoms with van der Waals surface area (Å²) in [5.41, 5.74) is 1.88. The number of benzene rings is 2. The van der Waals surface area contributed by atoms with Crippen LogP contribution in [0, 0.1) is 0 Å². The maximum Gasteiger partial charge on any atom is 0.279 e. The Bertz CT molecular complexity index is 689. The van der Waals surface area contributed by atoms with Crippen LogP contribution in [0.15, 0.2) is 46.9 Å². The van der Waals surface area contributed by atoms with Crippen LogP contribution >= 0.6 is 15.9 Å². The third-order valence-electron chi connectivity index (χ3n) is 3.73. The maximum atomic E-state index is 12.1. The van der Waals surface area contributed by atoms with E-state index in [0.29, 0.717) is 6.54 Å². The topological polar surface area (TPSA) is 64.2 Å². The van der Waals surface area contributed by atoms with Crippen molar-refractivity contribution in [3.8, 4) is 11.5 Å². The number of rotatable bonds is 7. The third-order valence-corrected chi connectivity index (χ3v) is 4.35. The number of carbonyl (C=O) groups is 1. The Labute approximate surface area is 150 Å². The van der Waals surface area contributed by atoms with E-state index in [4.69, 9.17) is 9.47 Å². The average molecular weight is 394 g/mol. The summed E-state index contributed by atoms with van der Waals surface area (Å²) in [5.74, 6) is 1.51. The molecule has 24 heavy (non-hydrogen) atoms. The van der Waals surface area contributed by atoms with Gasteiger partial charge in [-0.15, -0.1) is 0 Å². The number of hydrogen-bond donors (Lipinski definition) is 2. The van der Waals surface area contributed by atoms with Gasteiger partial charge in [0.05, 0.1) is 18.7 Å². The summed E-state index contributed by atoms with van der Waals surface area (Å²) >= 11 is 3.48. The van der Waals surface area contributed by atoms with Gasteiger partial charge in [0, 0.05) is 11.3 Å². The molecule has 1 atom stereocenters. The highest BCUT2D eigenvalue weighted by atomic mass is 79.9. The van der Waals surface area contributed by atoms with Crippen LogP contribution in [0.4, 0.5) is 5.69 Å². The van der Waals surface area contributed by atoms with Crippen LogP contribution in [0.1, 0.15) is 18.5 Å². The standard InChI is InChI=1S/C18H21BrN2O3/c1-12(13-4-9-17(24-3)16(19)10-13)20-11-18(22)21-14-5-7-15(23-2)8-6-14/h4-10,12,20H,11H2,1-3H3,(H,21,22)/p+1/t12-/m0/s1. The summed E-state index contributed by atoms with van der Waals surface area (Å²) in [5, 5.41) is 4.87. The SMILES string of the molecule is COc1ccc(NC(=O)C[NH2+][C@@H](C)c2ccc(OC)c(Br)c2)cc1. The second-order valence-electron chi connectivity index (χ2n) is 5.40. The zero-order valence-electron chi connectivity index (χ0n) is 14.0. The molecule has 2 rings (SSSR count). The summed E-state index contributed by atoms with van der Waals surface area (Å²) in [4.78, 5) is 12.1. The number of quaternary nitrogens is 1.